The Morgan fingerprint density at radius 2 is 1.82 bits per heavy atom. The molecule has 1 N–H and O–H groups in total. The zero-order valence-electron chi connectivity index (χ0n) is 21.1. The van der Waals surface area contributed by atoms with Crippen LogP contribution in [-0.4, -0.2) is 80.2 Å². The molecule has 6 atom stereocenters. The lowest BCUT2D eigenvalue weighted by Crippen LogP contribution is -2.69. The summed E-state index contributed by atoms with van der Waals surface area (Å²) < 4.78 is 17.4. The lowest BCUT2D eigenvalue weighted by atomic mass is 9.49. The number of anilines is 1. The molecule has 4 aliphatic rings. The van der Waals surface area contributed by atoms with Crippen LogP contribution in [0.5, 0.6) is 5.75 Å². The molecule has 0 amide bonds. The number of methoxy groups -OCH3 is 2. The number of ether oxygens (including phenoxy) is 3. The third-order valence-electron chi connectivity index (χ3n) is 9.71. The molecule has 0 bridgehead atoms. The van der Waals surface area contributed by atoms with Crippen molar-refractivity contribution in [1.29, 1.82) is 0 Å². The number of piperazine rings is 1. The molecule has 2 aliphatic carbocycles. The Morgan fingerprint density at radius 3 is 2.53 bits per heavy atom. The predicted octanol–water partition coefficient (Wildman–Crippen LogP) is 3.10. The number of rotatable bonds is 5. The lowest BCUT2D eigenvalue weighted by molar-refractivity contribution is -0.270. The van der Waals surface area contributed by atoms with E-state index in [1.807, 2.05) is 18.2 Å². The summed E-state index contributed by atoms with van der Waals surface area (Å²) >= 11 is 0. The minimum Gasteiger partial charge on any atom is -0.495 e. The van der Waals surface area contributed by atoms with E-state index < -0.39 is 11.2 Å². The van der Waals surface area contributed by atoms with E-state index in [0.29, 0.717) is 13.0 Å². The van der Waals surface area contributed by atoms with Crippen LogP contribution in [0.15, 0.2) is 24.3 Å². The lowest BCUT2D eigenvalue weighted by Gasteiger charge is -2.62. The van der Waals surface area contributed by atoms with E-state index in [0.717, 1.165) is 63.3 Å². The smallest absolute Gasteiger partial charge is 0.310 e. The van der Waals surface area contributed by atoms with Crippen LogP contribution in [0.25, 0.3) is 0 Å². The average Bonchev–Trinajstić information content (AvgIpc) is 3.12. The number of benzene rings is 1. The van der Waals surface area contributed by atoms with Gasteiger partial charge < -0.3 is 24.2 Å². The highest BCUT2D eigenvalue weighted by molar-refractivity contribution is 5.75. The van der Waals surface area contributed by atoms with Crippen molar-refractivity contribution in [2.24, 2.45) is 17.3 Å². The SMILES string of the molecule is COc1ccccc1N1CCN(C[C@@H]2C(=O)O[C@@H]3C[C@@]4(C)CCC[C@@](C)(OC)[C@]4(O)C[C@@H]23)CC1. The number of fused-ring (bicyclic) bond motifs is 2. The highest BCUT2D eigenvalue weighted by Crippen LogP contribution is 2.61. The van der Waals surface area contributed by atoms with Crippen LogP contribution in [0.3, 0.4) is 0 Å². The van der Waals surface area contributed by atoms with E-state index in [-0.39, 0.29) is 29.3 Å². The van der Waals surface area contributed by atoms with Gasteiger partial charge in [0, 0.05) is 51.2 Å². The van der Waals surface area contributed by atoms with E-state index >= 15 is 0 Å². The minimum atomic E-state index is -0.955. The van der Waals surface area contributed by atoms with Crippen molar-refractivity contribution in [3.05, 3.63) is 24.3 Å². The molecule has 1 aromatic rings. The first-order valence-corrected chi connectivity index (χ1v) is 12.8. The van der Waals surface area contributed by atoms with E-state index in [1.54, 1.807) is 14.2 Å². The third-order valence-corrected chi connectivity index (χ3v) is 9.71. The van der Waals surface area contributed by atoms with Gasteiger partial charge in [0.15, 0.2) is 0 Å². The van der Waals surface area contributed by atoms with Crippen molar-refractivity contribution >= 4 is 11.7 Å². The second-order valence-electron chi connectivity index (χ2n) is 11.3. The van der Waals surface area contributed by atoms with Gasteiger partial charge in [-0.1, -0.05) is 19.1 Å². The number of para-hydroxylation sites is 2. The fourth-order valence-corrected chi connectivity index (χ4v) is 7.43. The predicted molar refractivity (Wildman–Crippen MR) is 130 cm³/mol. The van der Waals surface area contributed by atoms with Crippen LogP contribution < -0.4 is 9.64 Å². The van der Waals surface area contributed by atoms with Gasteiger partial charge in [-0.3, -0.25) is 9.69 Å². The second kappa shape index (κ2) is 8.68. The first-order valence-electron chi connectivity index (χ1n) is 12.8. The molecule has 0 spiro atoms. The molecular weight excluding hydrogens is 432 g/mol. The van der Waals surface area contributed by atoms with Gasteiger partial charge in [0.25, 0.3) is 0 Å². The van der Waals surface area contributed by atoms with Gasteiger partial charge in [0.2, 0.25) is 0 Å². The molecule has 2 saturated carbocycles. The van der Waals surface area contributed by atoms with Crippen molar-refractivity contribution in [1.82, 2.24) is 4.90 Å². The van der Waals surface area contributed by atoms with Gasteiger partial charge in [0.1, 0.15) is 11.9 Å². The Hall–Kier alpha value is -1.83. The van der Waals surface area contributed by atoms with E-state index in [4.69, 9.17) is 14.2 Å². The first kappa shape index (κ1) is 23.9. The van der Waals surface area contributed by atoms with Crippen molar-refractivity contribution in [3.8, 4) is 5.75 Å². The van der Waals surface area contributed by atoms with E-state index in [2.05, 4.69) is 29.7 Å². The number of hydrogen-bond donors (Lipinski definition) is 1. The summed E-state index contributed by atoms with van der Waals surface area (Å²) in [5.74, 6) is 0.641. The summed E-state index contributed by atoms with van der Waals surface area (Å²) in [6.45, 7) is 8.45. The monoisotopic (exact) mass is 472 g/mol. The summed E-state index contributed by atoms with van der Waals surface area (Å²) in [4.78, 5) is 17.8. The maximum absolute atomic E-state index is 13.0. The molecule has 2 saturated heterocycles. The van der Waals surface area contributed by atoms with Gasteiger partial charge in [-0.15, -0.1) is 0 Å². The van der Waals surface area contributed by atoms with Crippen LogP contribution in [0, 0.1) is 17.3 Å². The Labute approximate surface area is 203 Å². The van der Waals surface area contributed by atoms with Crippen molar-refractivity contribution in [2.75, 3.05) is 51.8 Å². The molecular formula is C27H40N2O5. The highest BCUT2D eigenvalue weighted by Gasteiger charge is 2.67. The molecule has 2 aliphatic heterocycles. The van der Waals surface area contributed by atoms with Crippen LogP contribution in [-0.2, 0) is 14.3 Å². The van der Waals surface area contributed by atoms with Gasteiger partial charge in [-0.05, 0) is 51.2 Å². The van der Waals surface area contributed by atoms with Gasteiger partial charge in [0.05, 0.1) is 29.9 Å². The van der Waals surface area contributed by atoms with Crippen molar-refractivity contribution < 1.29 is 24.1 Å². The van der Waals surface area contributed by atoms with Crippen LogP contribution in [0.4, 0.5) is 5.69 Å². The standard InChI is InChI=1S/C27H40N2O5/c1-25-10-7-11-26(2,33-4)27(25,31)16-19-20(24(30)34-23(19)17-25)18-28-12-14-29(15-13-28)21-8-5-6-9-22(21)32-3/h5-6,8-9,19-20,23,31H,7,10-18H2,1-4H3/t19-,20-,23+,25+,26+,27-/m0/s1. The Bertz CT molecular complexity index is 918. The largest absolute Gasteiger partial charge is 0.495 e. The van der Waals surface area contributed by atoms with Crippen LogP contribution >= 0.6 is 0 Å². The topological polar surface area (TPSA) is 71.5 Å². The zero-order chi connectivity index (χ0) is 24.1. The number of aliphatic hydroxyl groups is 1. The van der Waals surface area contributed by atoms with Gasteiger partial charge in [-0.2, -0.15) is 0 Å². The molecule has 0 radical (unpaired) electrons. The number of hydrogen-bond acceptors (Lipinski definition) is 7. The van der Waals surface area contributed by atoms with Crippen LogP contribution in [0.2, 0.25) is 0 Å². The van der Waals surface area contributed by atoms with E-state index in [9.17, 15) is 9.90 Å². The zero-order valence-corrected chi connectivity index (χ0v) is 21.1. The number of carbonyl (C=O) groups excluding carboxylic acids is 1. The summed E-state index contributed by atoms with van der Waals surface area (Å²) in [5.41, 5.74) is -0.730. The minimum absolute atomic E-state index is 0.0328. The first-order chi connectivity index (χ1) is 16.2. The molecule has 7 nitrogen and oxygen atoms in total. The van der Waals surface area contributed by atoms with Gasteiger partial charge >= 0.3 is 5.97 Å². The maximum Gasteiger partial charge on any atom is 0.310 e. The third kappa shape index (κ3) is 3.62. The summed E-state index contributed by atoms with van der Waals surface area (Å²) in [6, 6.07) is 8.13. The number of nitrogens with zero attached hydrogens (tertiary/aromatic N) is 2. The molecule has 5 rings (SSSR count). The number of esters is 1. The average molecular weight is 473 g/mol. The Morgan fingerprint density at radius 1 is 1.09 bits per heavy atom. The summed E-state index contributed by atoms with van der Waals surface area (Å²) in [7, 11) is 3.42. The quantitative estimate of drug-likeness (QED) is 0.661. The van der Waals surface area contributed by atoms with Gasteiger partial charge in [-0.25, -0.2) is 0 Å². The normalized spacial score (nSPS) is 40.4. The highest BCUT2D eigenvalue weighted by atomic mass is 16.6. The molecule has 7 heteroatoms. The maximum atomic E-state index is 13.0. The Balaban J connectivity index is 1.28. The summed E-state index contributed by atoms with van der Waals surface area (Å²) in [5, 5.41) is 12.1. The van der Waals surface area contributed by atoms with Crippen molar-refractivity contribution in [2.45, 2.75) is 63.3 Å². The van der Waals surface area contributed by atoms with E-state index in [1.165, 1.54) is 0 Å². The van der Waals surface area contributed by atoms with Crippen LogP contribution in [0.1, 0.15) is 46.0 Å². The molecule has 0 aromatic heterocycles. The molecule has 2 heterocycles. The number of carbonyl (C=O) groups is 1. The molecule has 188 valence electrons. The summed E-state index contributed by atoms with van der Waals surface area (Å²) in [6.07, 6.45) is 3.99. The molecule has 1 aromatic carbocycles. The molecule has 0 unspecified atom stereocenters. The second-order valence-corrected chi connectivity index (χ2v) is 11.3. The molecule has 4 fully saturated rings. The molecule has 34 heavy (non-hydrogen) atoms. The fourth-order valence-electron chi connectivity index (χ4n) is 7.43. The van der Waals surface area contributed by atoms with Crippen molar-refractivity contribution in [3.63, 3.8) is 0 Å². The fraction of sp³-hybridized carbons (Fsp3) is 0.741. The Kier molecular flexibility index (Phi) is 6.10.